The standard InChI is InChI=1S/C27H29N5O5.C22H19N5O4/c1-27(2)14-36-25(37-15-27)17-8-6-16(7-9-17)22-21-23(30-29-22)18-4-3-5-19(20(18)24(21)33)28-26(34)31-32-10-12-35-13-11-32;28-12-13-4-6-14(7-5-13)19-18-20(25-24-19)15-2-1-3-16(17(15)21(18)29)23-22(30)26-27-8-10-31-11-9-27/h3-9,25H,10-15H2,1-2H3,(H,29,30)(H2,28,31,34);1-7,12H,8-11H2,(H,24,25)(H2,23,26,30). The van der Waals surface area contributed by atoms with Crippen molar-refractivity contribution in [1.82, 2.24) is 41.3 Å². The molecule has 2 aromatic heterocycles. The number of hydrogen-bond donors (Lipinski definition) is 6. The van der Waals surface area contributed by atoms with Crippen molar-refractivity contribution in [2.75, 3.05) is 76.5 Å². The SMILES string of the molecule is CC1(C)COC(c2ccc(-c3n[nH]c4c3C(=O)c3c(NC(=O)NN5CCOCC5)cccc3-4)cc2)OC1.O=Cc1ccc(-c2n[nH]c3c2C(=O)c2c(NC(=O)NN4CCOCC4)cccc2-3)cc1. The monoisotopic (exact) mass is 920 g/mol. The second-order valence-electron chi connectivity index (χ2n) is 17.6. The highest BCUT2D eigenvalue weighted by Crippen LogP contribution is 2.45. The van der Waals surface area contributed by atoms with Gasteiger partial charge in [-0.2, -0.15) is 10.2 Å². The molecule has 0 bridgehead atoms. The molecule has 68 heavy (non-hydrogen) atoms. The molecule has 5 heterocycles. The highest BCUT2D eigenvalue weighted by atomic mass is 16.7. The lowest BCUT2D eigenvalue weighted by Gasteiger charge is -2.34. The molecule has 3 saturated heterocycles. The molecular weight excluding hydrogens is 873 g/mol. The third kappa shape index (κ3) is 8.81. The summed E-state index contributed by atoms with van der Waals surface area (Å²) in [7, 11) is 0. The van der Waals surface area contributed by atoms with Crippen molar-refractivity contribution in [3.8, 4) is 45.0 Å². The highest BCUT2D eigenvalue weighted by molar-refractivity contribution is 6.28. The number of carbonyl (C=O) groups excluding carboxylic acids is 5. The van der Waals surface area contributed by atoms with E-state index >= 15 is 0 Å². The van der Waals surface area contributed by atoms with Crippen LogP contribution in [-0.2, 0) is 18.9 Å². The average molecular weight is 921 g/mol. The van der Waals surface area contributed by atoms with Gasteiger partial charge in [-0.1, -0.05) is 86.6 Å². The number of rotatable bonds is 8. The number of hydrogen-bond acceptors (Lipinski definition) is 13. The Hall–Kier alpha value is -7.39. The molecule has 4 aromatic carbocycles. The molecule has 0 radical (unpaired) electrons. The number of morpholine rings is 2. The van der Waals surface area contributed by atoms with Crippen LogP contribution < -0.4 is 21.5 Å². The predicted molar refractivity (Wildman–Crippen MR) is 249 cm³/mol. The van der Waals surface area contributed by atoms with Gasteiger partial charge in [-0.15, -0.1) is 0 Å². The number of urea groups is 2. The van der Waals surface area contributed by atoms with Gasteiger partial charge in [-0.3, -0.25) is 35.4 Å². The number of aldehydes is 1. The number of carbonyl (C=O) groups is 5. The summed E-state index contributed by atoms with van der Waals surface area (Å²) in [6.45, 7) is 10.1. The number of nitrogens with zero attached hydrogens (tertiary/aromatic N) is 4. The fraction of sp³-hybridized carbons (Fsp3) is 0.286. The summed E-state index contributed by atoms with van der Waals surface area (Å²) in [4.78, 5) is 63.0. The van der Waals surface area contributed by atoms with Crippen LogP contribution in [0.4, 0.5) is 21.0 Å². The van der Waals surface area contributed by atoms with E-state index in [4.69, 9.17) is 18.9 Å². The fourth-order valence-electron chi connectivity index (χ4n) is 8.74. The van der Waals surface area contributed by atoms with Crippen LogP contribution in [0.15, 0.2) is 84.9 Å². The number of hydrazine groups is 2. The second kappa shape index (κ2) is 18.7. The third-order valence-electron chi connectivity index (χ3n) is 12.2. The molecule has 4 amide bonds. The number of ether oxygens (including phenoxy) is 4. The number of benzene rings is 4. The van der Waals surface area contributed by atoms with Crippen LogP contribution in [0.25, 0.3) is 45.0 Å². The lowest BCUT2D eigenvalue weighted by molar-refractivity contribution is -0.226. The van der Waals surface area contributed by atoms with Crippen molar-refractivity contribution >= 4 is 41.3 Å². The van der Waals surface area contributed by atoms with E-state index in [1.54, 1.807) is 52.5 Å². The molecule has 5 aliphatic rings. The van der Waals surface area contributed by atoms with Gasteiger partial charge in [0.2, 0.25) is 0 Å². The Morgan fingerprint density at radius 2 is 1.07 bits per heavy atom. The zero-order valence-electron chi connectivity index (χ0n) is 37.3. The normalized spacial score (nSPS) is 17.5. The number of H-pyrrole nitrogens is 2. The molecule has 3 aliphatic heterocycles. The van der Waals surface area contributed by atoms with E-state index in [2.05, 4.69) is 55.7 Å². The molecule has 6 aromatic rings. The van der Waals surface area contributed by atoms with Gasteiger partial charge in [0.05, 0.1) is 84.7 Å². The van der Waals surface area contributed by atoms with Crippen molar-refractivity contribution in [1.29, 1.82) is 0 Å². The molecule has 0 saturated carbocycles. The fourth-order valence-corrected chi connectivity index (χ4v) is 8.74. The summed E-state index contributed by atoms with van der Waals surface area (Å²) in [5.74, 6) is -0.392. The largest absolute Gasteiger partial charge is 0.379 e. The maximum Gasteiger partial charge on any atom is 0.333 e. The number of amides is 4. The van der Waals surface area contributed by atoms with Gasteiger partial charge >= 0.3 is 12.1 Å². The molecule has 19 nitrogen and oxygen atoms in total. The van der Waals surface area contributed by atoms with Crippen molar-refractivity contribution in [2.45, 2.75) is 20.1 Å². The van der Waals surface area contributed by atoms with Crippen molar-refractivity contribution in [3.05, 3.63) is 118 Å². The Morgan fingerprint density at radius 3 is 1.51 bits per heavy atom. The highest BCUT2D eigenvalue weighted by Gasteiger charge is 2.37. The maximum absolute atomic E-state index is 13.6. The number of anilines is 2. The smallest absolute Gasteiger partial charge is 0.333 e. The minimum Gasteiger partial charge on any atom is -0.379 e. The zero-order valence-corrected chi connectivity index (χ0v) is 37.3. The first-order valence-corrected chi connectivity index (χ1v) is 22.3. The number of aromatic amines is 2. The molecule has 2 aliphatic carbocycles. The van der Waals surface area contributed by atoms with Gasteiger partial charge in [0.15, 0.2) is 17.9 Å². The first kappa shape index (κ1) is 44.4. The summed E-state index contributed by atoms with van der Waals surface area (Å²) < 4.78 is 22.4. The maximum atomic E-state index is 13.6. The van der Waals surface area contributed by atoms with E-state index in [1.165, 1.54) is 0 Å². The van der Waals surface area contributed by atoms with Crippen LogP contribution in [0.2, 0.25) is 0 Å². The predicted octanol–water partition coefficient (Wildman–Crippen LogP) is 6.20. The molecule has 11 rings (SSSR count). The Bertz CT molecular complexity index is 2910. The quantitative estimate of drug-likeness (QED) is 0.0934. The Morgan fingerprint density at radius 1 is 0.632 bits per heavy atom. The van der Waals surface area contributed by atoms with E-state index in [9.17, 15) is 24.0 Å². The lowest BCUT2D eigenvalue weighted by atomic mass is 9.95. The van der Waals surface area contributed by atoms with Gasteiger partial charge in [-0.05, 0) is 12.1 Å². The topological polar surface area (TPSA) is 234 Å². The van der Waals surface area contributed by atoms with Gasteiger partial charge in [0.25, 0.3) is 0 Å². The van der Waals surface area contributed by atoms with E-state index < -0.39 is 18.4 Å². The van der Waals surface area contributed by atoms with Gasteiger partial charge in [-0.25, -0.2) is 19.6 Å². The second-order valence-corrected chi connectivity index (χ2v) is 17.6. The van der Waals surface area contributed by atoms with E-state index in [1.807, 2.05) is 42.5 Å². The van der Waals surface area contributed by atoms with Crippen LogP contribution in [0.5, 0.6) is 0 Å². The van der Waals surface area contributed by atoms with Crippen LogP contribution >= 0.6 is 0 Å². The summed E-state index contributed by atoms with van der Waals surface area (Å²) in [5, 5.41) is 24.0. The van der Waals surface area contributed by atoms with E-state index in [0.717, 1.165) is 23.0 Å². The third-order valence-corrected chi connectivity index (χ3v) is 12.2. The van der Waals surface area contributed by atoms with Crippen molar-refractivity contribution in [2.24, 2.45) is 5.41 Å². The van der Waals surface area contributed by atoms with Gasteiger partial charge < -0.3 is 29.6 Å². The first-order chi connectivity index (χ1) is 33.0. The van der Waals surface area contributed by atoms with Crippen LogP contribution in [0.1, 0.15) is 67.9 Å². The molecular formula is C49H48N10O9. The number of ketones is 2. The van der Waals surface area contributed by atoms with Crippen LogP contribution in [-0.4, -0.2) is 126 Å². The molecule has 3 fully saturated rings. The zero-order chi connectivity index (χ0) is 46.9. The molecule has 19 heteroatoms. The minimum absolute atomic E-state index is 0.00169. The first-order valence-electron chi connectivity index (χ1n) is 22.3. The average Bonchev–Trinajstić information content (AvgIpc) is 4.12. The van der Waals surface area contributed by atoms with E-state index in [0.29, 0.717) is 139 Å². The minimum atomic E-state index is -0.415. The molecule has 0 atom stereocenters. The molecule has 348 valence electrons. The summed E-state index contributed by atoms with van der Waals surface area (Å²) >= 11 is 0. The molecule has 6 N–H and O–H groups in total. The van der Waals surface area contributed by atoms with Crippen LogP contribution in [0, 0.1) is 5.41 Å². The molecule has 0 unspecified atom stereocenters. The van der Waals surface area contributed by atoms with E-state index in [-0.39, 0.29) is 17.0 Å². The number of nitrogens with one attached hydrogen (secondary N) is 6. The summed E-state index contributed by atoms with van der Waals surface area (Å²) in [6, 6.07) is 24.5. The lowest BCUT2D eigenvalue weighted by Crippen LogP contribution is -2.49. The Kier molecular flexibility index (Phi) is 12.2. The summed E-state index contributed by atoms with van der Waals surface area (Å²) in [5.41, 5.74) is 15.0. The van der Waals surface area contributed by atoms with Crippen molar-refractivity contribution in [3.63, 3.8) is 0 Å². The number of fused-ring (bicyclic) bond motifs is 6. The Balaban J connectivity index is 0.000000161. The summed E-state index contributed by atoms with van der Waals surface area (Å²) in [6.07, 6.45) is 0.356. The van der Waals surface area contributed by atoms with Crippen LogP contribution in [0.3, 0.4) is 0 Å². The van der Waals surface area contributed by atoms with Gasteiger partial charge in [0.1, 0.15) is 17.7 Å². The Labute approximate surface area is 389 Å². The molecule has 0 spiro atoms. The van der Waals surface area contributed by atoms with Gasteiger partial charge in [0, 0.05) is 65.0 Å². The number of aromatic nitrogens is 4. The van der Waals surface area contributed by atoms with Crippen molar-refractivity contribution < 1.29 is 42.9 Å².